The lowest BCUT2D eigenvalue weighted by Crippen LogP contribution is -2.30. The Kier molecular flexibility index (Phi) is 3.21. The Hall–Kier alpha value is -2.05. The molecule has 0 spiro atoms. The number of nitrogens with zero attached hydrogens (tertiary/aromatic N) is 1. The fourth-order valence-corrected chi connectivity index (χ4v) is 2.00. The highest BCUT2D eigenvalue weighted by molar-refractivity contribution is 6.07. The van der Waals surface area contributed by atoms with Crippen LogP contribution >= 0.6 is 0 Å². The van der Waals surface area contributed by atoms with E-state index in [9.17, 15) is 22.8 Å². The van der Waals surface area contributed by atoms with E-state index in [2.05, 4.69) is 0 Å². The lowest BCUT2D eigenvalue weighted by molar-refractivity contribution is -0.145. The van der Waals surface area contributed by atoms with Gasteiger partial charge in [-0.2, -0.15) is 13.2 Å². The monoisotopic (exact) mass is 273 g/mol. The van der Waals surface area contributed by atoms with Gasteiger partial charge in [0.05, 0.1) is 5.56 Å². The van der Waals surface area contributed by atoms with Crippen LogP contribution in [0.15, 0.2) is 24.3 Å². The Morgan fingerprint density at radius 2 is 1.84 bits per heavy atom. The molecule has 1 fully saturated rings. The third-order valence-corrected chi connectivity index (χ3v) is 3.01. The van der Waals surface area contributed by atoms with Crippen molar-refractivity contribution >= 4 is 17.6 Å². The minimum absolute atomic E-state index is 0.162. The molecule has 0 aromatic heterocycles. The summed E-state index contributed by atoms with van der Waals surface area (Å²) in [5.74, 6) is -2.91. The Morgan fingerprint density at radius 3 is 2.26 bits per heavy atom. The first kappa shape index (κ1) is 13.4. The highest BCUT2D eigenvalue weighted by atomic mass is 19.4. The summed E-state index contributed by atoms with van der Waals surface area (Å²) in [6.07, 6.45) is -4.27. The van der Waals surface area contributed by atoms with E-state index >= 15 is 0 Å². The van der Waals surface area contributed by atoms with Gasteiger partial charge in [-0.05, 0) is 30.7 Å². The second-order valence-corrected chi connectivity index (χ2v) is 4.21. The van der Waals surface area contributed by atoms with E-state index in [0.717, 1.165) is 12.1 Å². The number of hydrogen-bond acceptors (Lipinski definition) is 2. The first-order chi connectivity index (χ1) is 8.80. The Morgan fingerprint density at radius 1 is 1.26 bits per heavy atom. The third-order valence-electron chi connectivity index (χ3n) is 3.01. The fourth-order valence-electron chi connectivity index (χ4n) is 2.00. The van der Waals surface area contributed by atoms with Gasteiger partial charge in [-0.3, -0.25) is 9.59 Å². The van der Waals surface area contributed by atoms with Crippen LogP contribution in [-0.4, -0.2) is 23.5 Å². The summed E-state index contributed by atoms with van der Waals surface area (Å²) in [6, 6.07) is 4.09. The SMILES string of the molecule is O=C(O)C1CCN(c2ccc(C(F)(F)F)cc2)C1=O. The normalized spacial score (nSPS) is 19.8. The van der Waals surface area contributed by atoms with Crippen molar-refractivity contribution in [3.8, 4) is 0 Å². The zero-order chi connectivity index (χ0) is 14.2. The summed E-state index contributed by atoms with van der Waals surface area (Å²) in [6.45, 7) is 0.196. The quantitative estimate of drug-likeness (QED) is 0.840. The molecule has 19 heavy (non-hydrogen) atoms. The highest BCUT2D eigenvalue weighted by Gasteiger charge is 2.38. The van der Waals surface area contributed by atoms with Gasteiger partial charge in [-0.1, -0.05) is 0 Å². The molecule has 7 heteroatoms. The first-order valence-electron chi connectivity index (χ1n) is 5.52. The summed E-state index contributed by atoms with van der Waals surface area (Å²) in [5.41, 5.74) is -0.528. The van der Waals surface area contributed by atoms with Gasteiger partial charge < -0.3 is 10.0 Å². The van der Waals surface area contributed by atoms with Crippen LogP contribution in [0, 0.1) is 5.92 Å². The standard InChI is InChI=1S/C12H10F3NO3/c13-12(14,15)7-1-3-8(4-2-7)16-6-5-9(10(16)17)11(18)19/h1-4,9H,5-6H2,(H,18,19). The van der Waals surface area contributed by atoms with Gasteiger partial charge in [-0.25, -0.2) is 0 Å². The average molecular weight is 273 g/mol. The molecule has 4 nitrogen and oxygen atoms in total. The Bertz CT molecular complexity index is 510. The van der Waals surface area contributed by atoms with Crippen molar-refractivity contribution < 1.29 is 27.9 Å². The molecule has 0 aliphatic carbocycles. The van der Waals surface area contributed by atoms with Crippen LogP contribution in [0.25, 0.3) is 0 Å². The molecule has 2 rings (SSSR count). The van der Waals surface area contributed by atoms with Crippen LogP contribution in [-0.2, 0) is 15.8 Å². The number of carbonyl (C=O) groups is 2. The topological polar surface area (TPSA) is 57.6 Å². The second-order valence-electron chi connectivity index (χ2n) is 4.21. The number of carbonyl (C=O) groups excluding carboxylic acids is 1. The van der Waals surface area contributed by atoms with Crippen molar-refractivity contribution in [1.29, 1.82) is 0 Å². The maximum atomic E-state index is 12.4. The van der Waals surface area contributed by atoms with E-state index in [1.54, 1.807) is 0 Å². The maximum absolute atomic E-state index is 12.4. The number of alkyl halides is 3. The number of halogens is 3. The first-order valence-corrected chi connectivity index (χ1v) is 5.52. The number of rotatable bonds is 2. The third kappa shape index (κ3) is 2.54. The lowest BCUT2D eigenvalue weighted by atomic mass is 10.1. The van der Waals surface area contributed by atoms with Crippen molar-refractivity contribution in [2.24, 2.45) is 5.92 Å². The Balaban J connectivity index is 2.20. The van der Waals surface area contributed by atoms with Crippen molar-refractivity contribution in [2.45, 2.75) is 12.6 Å². The van der Waals surface area contributed by atoms with Crippen molar-refractivity contribution in [3.63, 3.8) is 0 Å². The van der Waals surface area contributed by atoms with E-state index in [4.69, 9.17) is 5.11 Å². The molecular weight excluding hydrogens is 263 g/mol. The van der Waals surface area contributed by atoms with Crippen molar-refractivity contribution in [3.05, 3.63) is 29.8 Å². The number of aliphatic carboxylic acids is 1. The van der Waals surface area contributed by atoms with Gasteiger partial charge in [0.15, 0.2) is 0 Å². The number of carboxylic acid groups (broad SMARTS) is 1. The largest absolute Gasteiger partial charge is 0.481 e. The van der Waals surface area contributed by atoms with Gasteiger partial charge in [0.25, 0.3) is 0 Å². The molecule has 0 bridgehead atoms. The van der Waals surface area contributed by atoms with Gasteiger partial charge in [0.2, 0.25) is 5.91 Å². The molecule has 1 N–H and O–H groups in total. The molecule has 1 heterocycles. The van der Waals surface area contributed by atoms with Crippen molar-refractivity contribution in [1.82, 2.24) is 0 Å². The van der Waals surface area contributed by atoms with Gasteiger partial charge in [0, 0.05) is 12.2 Å². The fraction of sp³-hybridized carbons (Fsp3) is 0.333. The number of amides is 1. The average Bonchev–Trinajstić information content (AvgIpc) is 2.70. The zero-order valence-electron chi connectivity index (χ0n) is 9.65. The second kappa shape index (κ2) is 4.56. The zero-order valence-corrected chi connectivity index (χ0v) is 9.65. The molecular formula is C12H10F3NO3. The predicted molar refractivity (Wildman–Crippen MR) is 59.5 cm³/mol. The number of hydrogen-bond donors (Lipinski definition) is 1. The molecule has 1 aromatic carbocycles. The minimum Gasteiger partial charge on any atom is -0.481 e. The molecule has 1 aliphatic heterocycles. The predicted octanol–water partition coefficient (Wildman–Crippen LogP) is 2.14. The number of carboxylic acids is 1. The molecule has 0 radical (unpaired) electrons. The van der Waals surface area contributed by atoms with Crippen LogP contribution < -0.4 is 4.90 Å². The summed E-state index contributed by atoms with van der Waals surface area (Å²) < 4.78 is 37.1. The maximum Gasteiger partial charge on any atom is 0.416 e. The smallest absolute Gasteiger partial charge is 0.416 e. The molecule has 0 saturated carbocycles. The van der Waals surface area contributed by atoms with E-state index in [0.29, 0.717) is 0 Å². The molecule has 1 unspecified atom stereocenters. The van der Waals surface area contributed by atoms with E-state index < -0.39 is 29.5 Å². The lowest BCUT2D eigenvalue weighted by Gasteiger charge is -2.17. The van der Waals surface area contributed by atoms with Crippen LogP contribution in [0.1, 0.15) is 12.0 Å². The van der Waals surface area contributed by atoms with Crippen LogP contribution in [0.5, 0.6) is 0 Å². The van der Waals surface area contributed by atoms with Gasteiger partial charge >= 0.3 is 12.1 Å². The van der Waals surface area contributed by atoms with Crippen LogP contribution in [0.4, 0.5) is 18.9 Å². The number of benzene rings is 1. The van der Waals surface area contributed by atoms with E-state index in [-0.39, 0.29) is 18.7 Å². The van der Waals surface area contributed by atoms with Gasteiger partial charge in [-0.15, -0.1) is 0 Å². The van der Waals surface area contributed by atoms with Crippen LogP contribution in [0.3, 0.4) is 0 Å². The molecule has 1 saturated heterocycles. The number of anilines is 1. The molecule has 1 atom stereocenters. The summed E-state index contributed by atoms with van der Waals surface area (Å²) in [4.78, 5) is 23.7. The van der Waals surface area contributed by atoms with E-state index in [1.165, 1.54) is 17.0 Å². The molecule has 1 aromatic rings. The molecule has 1 aliphatic rings. The molecule has 102 valence electrons. The van der Waals surface area contributed by atoms with Crippen molar-refractivity contribution in [2.75, 3.05) is 11.4 Å². The minimum atomic E-state index is -4.43. The molecule has 1 amide bonds. The van der Waals surface area contributed by atoms with Gasteiger partial charge in [0.1, 0.15) is 5.92 Å². The van der Waals surface area contributed by atoms with Crippen LogP contribution in [0.2, 0.25) is 0 Å². The van der Waals surface area contributed by atoms with E-state index in [1.807, 2.05) is 0 Å². The summed E-state index contributed by atoms with van der Waals surface area (Å²) in [5, 5.41) is 8.80. The summed E-state index contributed by atoms with van der Waals surface area (Å²) in [7, 11) is 0. The Labute approximate surface area is 106 Å². The summed E-state index contributed by atoms with van der Waals surface area (Å²) >= 11 is 0. The highest BCUT2D eigenvalue weighted by Crippen LogP contribution is 2.32.